The maximum absolute atomic E-state index is 11.8. The van der Waals surface area contributed by atoms with E-state index in [1.54, 1.807) is 26.0 Å². The van der Waals surface area contributed by atoms with Crippen molar-refractivity contribution in [3.8, 4) is 0 Å². The molecule has 0 heterocycles. The zero-order valence-corrected chi connectivity index (χ0v) is 9.87. The highest BCUT2D eigenvalue weighted by molar-refractivity contribution is 7.88. The molecule has 0 atom stereocenters. The van der Waals surface area contributed by atoms with Crippen LogP contribution in [0, 0.1) is 7.05 Å². The second kappa shape index (κ2) is 4.77. The molecule has 0 aromatic heterocycles. The van der Waals surface area contributed by atoms with E-state index in [-0.39, 0.29) is 11.8 Å². The Morgan fingerprint density at radius 1 is 1.27 bits per heavy atom. The fourth-order valence-corrected chi connectivity index (χ4v) is 2.61. The molecule has 0 fully saturated rings. The first-order chi connectivity index (χ1) is 6.93. The van der Waals surface area contributed by atoms with E-state index in [0.717, 1.165) is 9.87 Å². The fourth-order valence-electron chi connectivity index (χ4n) is 1.19. The summed E-state index contributed by atoms with van der Waals surface area (Å²) in [6.07, 6.45) is 0. The molecule has 0 amide bonds. The Bertz CT molecular complexity index is 398. The van der Waals surface area contributed by atoms with Crippen molar-refractivity contribution in [2.75, 3.05) is 0 Å². The van der Waals surface area contributed by atoms with Crippen molar-refractivity contribution in [2.45, 2.75) is 25.6 Å². The summed E-state index contributed by atoms with van der Waals surface area (Å²) in [4.78, 5) is 0. The quantitative estimate of drug-likeness (QED) is 0.787. The van der Waals surface area contributed by atoms with Gasteiger partial charge in [-0.05, 0) is 19.4 Å². The number of nitrogens with zero attached hydrogens (tertiary/aromatic N) is 1. The number of sulfonamides is 1. The van der Waals surface area contributed by atoms with Gasteiger partial charge in [-0.25, -0.2) is 8.42 Å². The molecular formula is C11H16NO2S. The number of rotatable bonds is 4. The molecule has 0 bridgehead atoms. The van der Waals surface area contributed by atoms with Crippen LogP contribution in [-0.2, 0) is 15.8 Å². The average molecular weight is 226 g/mol. The van der Waals surface area contributed by atoms with Crippen LogP contribution in [0.4, 0.5) is 0 Å². The Morgan fingerprint density at radius 3 is 2.27 bits per heavy atom. The van der Waals surface area contributed by atoms with Gasteiger partial charge in [-0.3, -0.25) is 0 Å². The third kappa shape index (κ3) is 3.32. The molecule has 4 heteroatoms. The zero-order chi connectivity index (χ0) is 11.5. The number of hydrogen-bond acceptors (Lipinski definition) is 2. The molecule has 3 nitrogen and oxygen atoms in total. The van der Waals surface area contributed by atoms with Gasteiger partial charge in [0.25, 0.3) is 0 Å². The van der Waals surface area contributed by atoms with Crippen LogP contribution in [0.1, 0.15) is 19.4 Å². The van der Waals surface area contributed by atoms with E-state index in [1.807, 2.05) is 18.2 Å². The van der Waals surface area contributed by atoms with Gasteiger partial charge in [0.05, 0.1) is 5.75 Å². The van der Waals surface area contributed by atoms with Crippen LogP contribution in [0.2, 0.25) is 0 Å². The van der Waals surface area contributed by atoms with Crippen molar-refractivity contribution in [2.24, 2.45) is 0 Å². The van der Waals surface area contributed by atoms with Crippen LogP contribution in [0.15, 0.2) is 30.3 Å². The highest BCUT2D eigenvalue weighted by Gasteiger charge is 2.20. The van der Waals surface area contributed by atoms with Crippen molar-refractivity contribution in [3.05, 3.63) is 42.9 Å². The van der Waals surface area contributed by atoms with Crippen LogP contribution in [0.5, 0.6) is 0 Å². The van der Waals surface area contributed by atoms with E-state index < -0.39 is 10.0 Å². The average Bonchev–Trinajstić information content (AvgIpc) is 2.17. The van der Waals surface area contributed by atoms with Crippen LogP contribution >= 0.6 is 0 Å². The number of benzene rings is 1. The van der Waals surface area contributed by atoms with E-state index in [9.17, 15) is 8.42 Å². The molecule has 0 spiro atoms. The molecule has 1 aromatic carbocycles. The lowest BCUT2D eigenvalue weighted by Crippen LogP contribution is -2.32. The Balaban J connectivity index is 2.82. The van der Waals surface area contributed by atoms with Gasteiger partial charge >= 0.3 is 0 Å². The van der Waals surface area contributed by atoms with Gasteiger partial charge in [0, 0.05) is 13.1 Å². The zero-order valence-electron chi connectivity index (χ0n) is 9.05. The lowest BCUT2D eigenvalue weighted by molar-refractivity contribution is 0.437. The van der Waals surface area contributed by atoms with Crippen LogP contribution < -0.4 is 0 Å². The first-order valence-electron chi connectivity index (χ1n) is 4.80. The second-order valence-corrected chi connectivity index (χ2v) is 5.64. The summed E-state index contributed by atoms with van der Waals surface area (Å²) in [5, 5.41) is 0. The molecule has 0 aliphatic rings. The SMILES string of the molecule is [CH2]N(C(C)C)S(=O)(=O)Cc1ccccc1. The molecule has 0 saturated carbocycles. The number of hydrogen-bond donors (Lipinski definition) is 0. The maximum atomic E-state index is 11.8. The molecule has 0 unspecified atom stereocenters. The molecule has 1 aromatic rings. The highest BCUT2D eigenvalue weighted by Crippen LogP contribution is 2.12. The lowest BCUT2D eigenvalue weighted by Gasteiger charge is -2.20. The molecule has 1 rings (SSSR count). The summed E-state index contributed by atoms with van der Waals surface area (Å²) in [5.41, 5.74) is 0.784. The fraction of sp³-hybridized carbons (Fsp3) is 0.364. The van der Waals surface area contributed by atoms with Crippen molar-refractivity contribution in [3.63, 3.8) is 0 Å². The first kappa shape index (κ1) is 12.2. The second-order valence-electron chi connectivity index (χ2n) is 3.72. The van der Waals surface area contributed by atoms with Crippen LogP contribution in [-0.4, -0.2) is 18.8 Å². The van der Waals surface area contributed by atoms with Gasteiger partial charge in [0.1, 0.15) is 0 Å². The summed E-state index contributed by atoms with van der Waals surface area (Å²) in [7, 11) is 0.260. The van der Waals surface area contributed by atoms with E-state index >= 15 is 0 Å². The van der Waals surface area contributed by atoms with Gasteiger partial charge in [0.15, 0.2) is 0 Å². The van der Waals surface area contributed by atoms with Gasteiger partial charge in [-0.2, -0.15) is 4.31 Å². The first-order valence-corrected chi connectivity index (χ1v) is 6.41. The van der Waals surface area contributed by atoms with Crippen molar-refractivity contribution in [1.82, 2.24) is 4.31 Å². The monoisotopic (exact) mass is 226 g/mol. The molecule has 0 aliphatic heterocycles. The van der Waals surface area contributed by atoms with Gasteiger partial charge < -0.3 is 0 Å². The Labute approximate surface area is 91.8 Å². The summed E-state index contributed by atoms with van der Waals surface area (Å²) in [6, 6.07) is 9.00. The molecular weight excluding hydrogens is 210 g/mol. The third-order valence-corrected chi connectivity index (χ3v) is 3.96. The minimum atomic E-state index is -3.29. The predicted molar refractivity (Wildman–Crippen MR) is 61.4 cm³/mol. The van der Waals surface area contributed by atoms with Crippen LogP contribution in [0.3, 0.4) is 0 Å². The molecule has 15 heavy (non-hydrogen) atoms. The standard InChI is InChI=1S/C11H16NO2S/c1-10(2)12(3)15(13,14)9-11-7-5-4-6-8-11/h4-8,10H,3,9H2,1-2H3. The third-order valence-electron chi connectivity index (χ3n) is 2.13. The topological polar surface area (TPSA) is 37.4 Å². The molecule has 0 aliphatic carbocycles. The summed E-state index contributed by atoms with van der Waals surface area (Å²) in [5.74, 6) is 0.00944. The summed E-state index contributed by atoms with van der Waals surface area (Å²) in [6.45, 7) is 3.60. The summed E-state index contributed by atoms with van der Waals surface area (Å²) >= 11 is 0. The maximum Gasteiger partial charge on any atom is 0.218 e. The Kier molecular flexibility index (Phi) is 3.88. The normalized spacial score (nSPS) is 12.3. The smallest absolute Gasteiger partial charge is 0.212 e. The van der Waals surface area contributed by atoms with Crippen LogP contribution in [0.25, 0.3) is 0 Å². The Morgan fingerprint density at radius 2 is 1.80 bits per heavy atom. The largest absolute Gasteiger partial charge is 0.218 e. The van der Waals surface area contributed by atoms with Crippen molar-refractivity contribution < 1.29 is 8.42 Å². The van der Waals surface area contributed by atoms with E-state index in [4.69, 9.17) is 0 Å². The molecule has 1 radical (unpaired) electrons. The minimum absolute atomic E-state index is 0.00944. The Hall–Kier alpha value is -0.870. The molecule has 0 N–H and O–H groups in total. The predicted octanol–water partition coefficient (Wildman–Crippen LogP) is 2.02. The van der Waals surface area contributed by atoms with E-state index in [0.29, 0.717) is 0 Å². The van der Waals surface area contributed by atoms with Crippen molar-refractivity contribution >= 4 is 10.0 Å². The van der Waals surface area contributed by atoms with E-state index in [1.165, 1.54) is 0 Å². The minimum Gasteiger partial charge on any atom is -0.212 e. The van der Waals surface area contributed by atoms with Gasteiger partial charge in [-0.1, -0.05) is 30.3 Å². The molecule has 0 saturated heterocycles. The van der Waals surface area contributed by atoms with Gasteiger partial charge in [0.2, 0.25) is 10.0 Å². The van der Waals surface area contributed by atoms with Crippen molar-refractivity contribution in [1.29, 1.82) is 0 Å². The van der Waals surface area contributed by atoms with E-state index in [2.05, 4.69) is 7.05 Å². The van der Waals surface area contributed by atoms with Gasteiger partial charge in [-0.15, -0.1) is 0 Å². The molecule has 83 valence electrons. The highest BCUT2D eigenvalue weighted by atomic mass is 32.2. The lowest BCUT2D eigenvalue weighted by atomic mass is 10.2. The summed E-state index contributed by atoms with van der Waals surface area (Å²) < 4.78 is 24.8.